The average molecular weight is 478 g/mol. The Balaban J connectivity index is 1.55. The maximum absolute atomic E-state index is 12.9. The van der Waals surface area contributed by atoms with Gasteiger partial charge in [-0.15, -0.1) is 0 Å². The maximum Gasteiger partial charge on any atom is 0.293 e. The normalized spacial score (nSPS) is 15.2. The van der Waals surface area contributed by atoms with Gasteiger partial charge >= 0.3 is 0 Å². The van der Waals surface area contributed by atoms with E-state index in [4.69, 9.17) is 11.6 Å². The Morgan fingerprint density at radius 1 is 1.00 bits per heavy atom. The molecule has 0 bridgehead atoms. The van der Waals surface area contributed by atoms with Gasteiger partial charge in [0.15, 0.2) is 0 Å². The zero-order valence-electron chi connectivity index (χ0n) is 17.9. The van der Waals surface area contributed by atoms with Crippen molar-refractivity contribution in [3.63, 3.8) is 0 Å². The lowest BCUT2D eigenvalue weighted by atomic mass is 10.1. The van der Waals surface area contributed by atoms with E-state index in [1.807, 2.05) is 44.2 Å². The van der Waals surface area contributed by atoms with E-state index >= 15 is 0 Å². The molecule has 3 aromatic carbocycles. The number of imide groups is 1. The standard InChI is InChI=1S/C25H20ClN3O3S/c1-15-4-3-5-17(10-15)14-29-24(31)23(33-25(29)32)12-18-11-19(8-9-22(18)30)27-28-20-7-6-16(2)21(26)13-20/h3-13,30H,14H2,1-2H3/b23-12-,28-27?. The Morgan fingerprint density at radius 2 is 1.73 bits per heavy atom. The fourth-order valence-corrected chi connectivity index (χ4v) is 4.25. The molecule has 3 aromatic rings. The third kappa shape index (κ3) is 5.32. The molecular formula is C25H20ClN3O3S. The molecule has 0 aliphatic carbocycles. The van der Waals surface area contributed by atoms with Gasteiger partial charge in [0, 0.05) is 10.6 Å². The molecule has 1 fully saturated rings. The van der Waals surface area contributed by atoms with Crippen LogP contribution in [0.25, 0.3) is 6.08 Å². The Morgan fingerprint density at radius 3 is 2.45 bits per heavy atom. The second-order valence-electron chi connectivity index (χ2n) is 7.63. The molecule has 1 N–H and O–H groups in total. The van der Waals surface area contributed by atoms with E-state index in [1.165, 1.54) is 17.0 Å². The zero-order chi connectivity index (χ0) is 23.5. The summed E-state index contributed by atoms with van der Waals surface area (Å²) < 4.78 is 0. The molecule has 0 saturated carbocycles. The van der Waals surface area contributed by atoms with E-state index in [2.05, 4.69) is 10.2 Å². The summed E-state index contributed by atoms with van der Waals surface area (Å²) in [5.41, 5.74) is 4.32. The lowest BCUT2D eigenvalue weighted by Crippen LogP contribution is -2.27. The van der Waals surface area contributed by atoms with Crippen LogP contribution < -0.4 is 0 Å². The minimum Gasteiger partial charge on any atom is -0.507 e. The van der Waals surface area contributed by atoms with Gasteiger partial charge in [-0.25, -0.2) is 0 Å². The molecule has 0 unspecified atom stereocenters. The third-order valence-electron chi connectivity index (χ3n) is 5.03. The topological polar surface area (TPSA) is 82.3 Å². The average Bonchev–Trinajstić information content (AvgIpc) is 3.04. The van der Waals surface area contributed by atoms with Crippen LogP contribution in [0.4, 0.5) is 16.2 Å². The van der Waals surface area contributed by atoms with Crippen LogP contribution in [0.15, 0.2) is 75.8 Å². The van der Waals surface area contributed by atoms with E-state index in [-0.39, 0.29) is 22.4 Å². The number of azo groups is 1. The lowest BCUT2D eigenvalue weighted by molar-refractivity contribution is -0.123. The van der Waals surface area contributed by atoms with Gasteiger partial charge < -0.3 is 5.11 Å². The second-order valence-corrected chi connectivity index (χ2v) is 9.03. The fourth-order valence-electron chi connectivity index (χ4n) is 3.25. The quantitative estimate of drug-likeness (QED) is 0.308. The van der Waals surface area contributed by atoms with Crippen LogP contribution in [0.3, 0.4) is 0 Å². The molecule has 0 spiro atoms. The van der Waals surface area contributed by atoms with Crippen molar-refractivity contribution >= 4 is 52.0 Å². The molecule has 33 heavy (non-hydrogen) atoms. The predicted molar refractivity (Wildman–Crippen MR) is 131 cm³/mol. The minimum atomic E-state index is -0.396. The van der Waals surface area contributed by atoms with Crippen molar-refractivity contribution in [2.45, 2.75) is 20.4 Å². The van der Waals surface area contributed by atoms with Crippen LogP contribution in [0.1, 0.15) is 22.3 Å². The number of halogens is 1. The first kappa shape index (κ1) is 22.8. The number of phenols is 1. The van der Waals surface area contributed by atoms with Gasteiger partial charge in [0.05, 0.1) is 22.8 Å². The predicted octanol–water partition coefficient (Wildman–Crippen LogP) is 7.31. The van der Waals surface area contributed by atoms with Gasteiger partial charge in [0.25, 0.3) is 11.1 Å². The fraction of sp³-hybridized carbons (Fsp3) is 0.120. The highest BCUT2D eigenvalue weighted by molar-refractivity contribution is 8.18. The number of carbonyl (C=O) groups is 2. The molecule has 1 heterocycles. The summed E-state index contributed by atoms with van der Waals surface area (Å²) in [6, 6.07) is 17.7. The number of phenolic OH excluding ortho intramolecular Hbond substituents is 1. The lowest BCUT2D eigenvalue weighted by Gasteiger charge is -2.12. The first-order chi connectivity index (χ1) is 15.8. The number of thioether (sulfide) groups is 1. The molecule has 2 amide bonds. The summed E-state index contributed by atoms with van der Waals surface area (Å²) in [6.07, 6.45) is 1.50. The Hall–Kier alpha value is -3.42. The van der Waals surface area contributed by atoms with Gasteiger partial charge in [-0.05, 0) is 73.1 Å². The summed E-state index contributed by atoms with van der Waals surface area (Å²) in [7, 11) is 0. The highest BCUT2D eigenvalue weighted by atomic mass is 35.5. The third-order valence-corrected chi connectivity index (χ3v) is 6.35. The second kappa shape index (κ2) is 9.60. The van der Waals surface area contributed by atoms with Gasteiger partial charge in [-0.2, -0.15) is 10.2 Å². The van der Waals surface area contributed by atoms with Gasteiger partial charge in [-0.3, -0.25) is 14.5 Å². The van der Waals surface area contributed by atoms with Crippen molar-refractivity contribution in [1.82, 2.24) is 4.90 Å². The zero-order valence-corrected chi connectivity index (χ0v) is 19.5. The van der Waals surface area contributed by atoms with Crippen LogP contribution in [-0.2, 0) is 11.3 Å². The maximum atomic E-state index is 12.9. The van der Waals surface area contributed by atoms with Crippen LogP contribution in [-0.4, -0.2) is 21.2 Å². The Labute approximate surface area is 200 Å². The summed E-state index contributed by atoms with van der Waals surface area (Å²) in [5.74, 6) is -0.426. The first-order valence-corrected chi connectivity index (χ1v) is 11.3. The summed E-state index contributed by atoms with van der Waals surface area (Å²) >= 11 is 6.97. The molecule has 8 heteroatoms. The molecule has 166 valence electrons. The van der Waals surface area contributed by atoms with Crippen molar-refractivity contribution in [2.24, 2.45) is 10.2 Å². The van der Waals surface area contributed by atoms with Crippen molar-refractivity contribution < 1.29 is 14.7 Å². The number of aromatic hydroxyl groups is 1. The first-order valence-electron chi connectivity index (χ1n) is 10.1. The van der Waals surface area contributed by atoms with Crippen LogP contribution >= 0.6 is 23.4 Å². The van der Waals surface area contributed by atoms with Crippen LogP contribution in [0.2, 0.25) is 5.02 Å². The minimum absolute atomic E-state index is 0.0298. The molecule has 0 aromatic heterocycles. The molecule has 0 radical (unpaired) electrons. The summed E-state index contributed by atoms with van der Waals surface area (Å²) in [6.45, 7) is 4.05. The number of nitrogens with zero attached hydrogens (tertiary/aromatic N) is 3. The van der Waals surface area contributed by atoms with E-state index in [0.29, 0.717) is 22.0 Å². The van der Waals surface area contributed by atoms with E-state index in [0.717, 1.165) is 28.5 Å². The van der Waals surface area contributed by atoms with E-state index in [1.54, 1.807) is 24.3 Å². The van der Waals surface area contributed by atoms with E-state index < -0.39 is 5.91 Å². The number of carbonyl (C=O) groups excluding carboxylic acids is 2. The Bertz CT molecular complexity index is 1320. The van der Waals surface area contributed by atoms with Crippen LogP contribution in [0.5, 0.6) is 5.75 Å². The number of benzene rings is 3. The van der Waals surface area contributed by atoms with Gasteiger partial charge in [0.1, 0.15) is 5.75 Å². The van der Waals surface area contributed by atoms with Crippen LogP contribution in [0, 0.1) is 13.8 Å². The van der Waals surface area contributed by atoms with Crippen molar-refractivity contribution in [2.75, 3.05) is 0 Å². The molecular weight excluding hydrogens is 458 g/mol. The molecule has 4 rings (SSSR count). The summed E-state index contributed by atoms with van der Waals surface area (Å²) in [4.78, 5) is 26.8. The van der Waals surface area contributed by atoms with E-state index in [9.17, 15) is 14.7 Å². The number of amides is 2. The molecule has 1 aliphatic rings. The number of aryl methyl sites for hydroxylation is 2. The van der Waals surface area contributed by atoms with Gasteiger partial charge in [-0.1, -0.05) is 47.5 Å². The van der Waals surface area contributed by atoms with Crippen molar-refractivity contribution in [1.29, 1.82) is 0 Å². The van der Waals surface area contributed by atoms with Crippen molar-refractivity contribution in [3.05, 3.63) is 92.8 Å². The number of rotatable bonds is 5. The monoisotopic (exact) mass is 477 g/mol. The van der Waals surface area contributed by atoms with Crippen molar-refractivity contribution in [3.8, 4) is 5.75 Å². The molecule has 1 saturated heterocycles. The largest absolute Gasteiger partial charge is 0.507 e. The highest BCUT2D eigenvalue weighted by Gasteiger charge is 2.35. The Kier molecular flexibility index (Phi) is 6.62. The smallest absolute Gasteiger partial charge is 0.293 e. The van der Waals surface area contributed by atoms with Gasteiger partial charge in [0.2, 0.25) is 0 Å². The SMILES string of the molecule is Cc1cccc(CN2C(=O)S/C(=C\c3cc(N=Nc4ccc(C)c(Cl)c4)ccc3O)C2=O)c1. The molecule has 6 nitrogen and oxygen atoms in total. The summed E-state index contributed by atoms with van der Waals surface area (Å²) in [5, 5.41) is 18.9. The molecule has 1 aliphatic heterocycles. The number of hydrogen-bond acceptors (Lipinski definition) is 6. The highest BCUT2D eigenvalue weighted by Crippen LogP contribution is 2.36. The molecule has 0 atom stereocenters. The number of hydrogen-bond donors (Lipinski definition) is 1.